The van der Waals surface area contributed by atoms with Gasteiger partial charge in [0, 0.05) is 12.6 Å². The molecule has 6 heteroatoms. The number of benzene rings is 1. The van der Waals surface area contributed by atoms with Crippen molar-refractivity contribution in [2.45, 2.75) is 33.2 Å². The monoisotopic (exact) mass is 335 g/mol. The molecule has 0 saturated heterocycles. The molecule has 1 aromatic carbocycles. The van der Waals surface area contributed by atoms with Crippen molar-refractivity contribution in [1.82, 2.24) is 15.5 Å². The van der Waals surface area contributed by atoms with Gasteiger partial charge >= 0.3 is 0 Å². The lowest BCUT2D eigenvalue weighted by Gasteiger charge is -2.20. The number of para-hydroxylation sites is 1. The molecule has 0 aromatic heterocycles. The summed E-state index contributed by atoms with van der Waals surface area (Å²) in [6.07, 6.45) is 0.704. The molecule has 2 amide bonds. The zero-order chi connectivity index (χ0) is 17.9. The van der Waals surface area contributed by atoms with Gasteiger partial charge in [0.05, 0.1) is 20.2 Å². The highest BCUT2D eigenvalue weighted by atomic mass is 16.5. The van der Waals surface area contributed by atoms with Gasteiger partial charge in [-0.3, -0.25) is 14.5 Å². The fourth-order valence-electron chi connectivity index (χ4n) is 2.36. The van der Waals surface area contributed by atoms with Crippen LogP contribution in [-0.2, 0) is 16.0 Å². The Hall–Kier alpha value is -2.08. The lowest BCUT2D eigenvalue weighted by Crippen LogP contribution is -2.44. The van der Waals surface area contributed by atoms with Crippen LogP contribution in [0, 0.1) is 0 Å². The van der Waals surface area contributed by atoms with Crippen molar-refractivity contribution in [1.29, 1.82) is 0 Å². The predicted molar refractivity (Wildman–Crippen MR) is 95.1 cm³/mol. The Balaban J connectivity index is 2.37. The Kier molecular flexibility index (Phi) is 8.86. The van der Waals surface area contributed by atoms with Crippen LogP contribution >= 0.6 is 0 Å². The van der Waals surface area contributed by atoms with E-state index in [1.807, 2.05) is 49.9 Å². The predicted octanol–water partition coefficient (Wildman–Crippen LogP) is 1.20. The number of ether oxygens (including phenoxy) is 1. The van der Waals surface area contributed by atoms with Crippen LogP contribution in [-0.4, -0.2) is 56.0 Å². The highest BCUT2D eigenvalue weighted by Gasteiger charge is 2.13. The zero-order valence-electron chi connectivity index (χ0n) is 15.1. The Morgan fingerprint density at radius 2 is 1.83 bits per heavy atom. The molecule has 0 aliphatic rings. The average Bonchev–Trinajstić information content (AvgIpc) is 2.53. The van der Waals surface area contributed by atoms with Gasteiger partial charge in [0.25, 0.3) is 0 Å². The maximum absolute atomic E-state index is 12.0. The molecular formula is C18H29N3O3. The smallest absolute Gasteiger partial charge is 0.234 e. The van der Waals surface area contributed by atoms with Crippen molar-refractivity contribution in [3.63, 3.8) is 0 Å². The largest absolute Gasteiger partial charge is 0.496 e. The summed E-state index contributed by atoms with van der Waals surface area (Å²) in [4.78, 5) is 25.6. The van der Waals surface area contributed by atoms with E-state index in [2.05, 4.69) is 10.6 Å². The van der Waals surface area contributed by atoms with Gasteiger partial charge in [-0.05, 0) is 38.4 Å². The molecule has 0 aliphatic carbocycles. The molecule has 0 radical (unpaired) electrons. The fourth-order valence-corrected chi connectivity index (χ4v) is 2.36. The van der Waals surface area contributed by atoms with E-state index in [9.17, 15) is 9.59 Å². The molecule has 1 aromatic rings. The second-order valence-electron chi connectivity index (χ2n) is 5.94. The quantitative estimate of drug-likeness (QED) is 0.674. The number of hydrogen-bond acceptors (Lipinski definition) is 4. The maximum atomic E-state index is 12.0. The molecule has 0 saturated carbocycles. The second-order valence-corrected chi connectivity index (χ2v) is 5.94. The maximum Gasteiger partial charge on any atom is 0.234 e. The van der Waals surface area contributed by atoms with E-state index in [-0.39, 0.29) is 30.9 Å². The Labute approximate surface area is 144 Å². The van der Waals surface area contributed by atoms with Gasteiger partial charge in [-0.2, -0.15) is 0 Å². The van der Waals surface area contributed by atoms with Crippen LogP contribution in [0.2, 0.25) is 0 Å². The van der Waals surface area contributed by atoms with Crippen molar-refractivity contribution >= 4 is 11.8 Å². The molecule has 2 N–H and O–H groups in total. The first-order chi connectivity index (χ1) is 11.5. The number of amides is 2. The Morgan fingerprint density at radius 3 is 2.46 bits per heavy atom. The normalized spacial score (nSPS) is 10.8. The molecule has 0 unspecified atom stereocenters. The van der Waals surface area contributed by atoms with Crippen molar-refractivity contribution < 1.29 is 14.3 Å². The highest BCUT2D eigenvalue weighted by Crippen LogP contribution is 2.17. The van der Waals surface area contributed by atoms with Gasteiger partial charge in [0.1, 0.15) is 5.75 Å². The summed E-state index contributed by atoms with van der Waals surface area (Å²) in [5, 5.41) is 5.73. The molecule has 0 fully saturated rings. The van der Waals surface area contributed by atoms with Crippen molar-refractivity contribution in [2.24, 2.45) is 0 Å². The topological polar surface area (TPSA) is 70.7 Å². The van der Waals surface area contributed by atoms with E-state index >= 15 is 0 Å². The molecule has 0 heterocycles. The van der Waals surface area contributed by atoms with Gasteiger partial charge in [-0.1, -0.05) is 25.1 Å². The minimum absolute atomic E-state index is 0.0614. The number of nitrogens with one attached hydrogen (secondary N) is 2. The summed E-state index contributed by atoms with van der Waals surface area (Å²) in [6.45, 7) is 7.39. The first-order valence-corrected chi connectivity index (χ1v) is 8.36. The number of rotatable bonds is 10. The fraction of sp³-hybridized carbons (Fsp3) is 0.556. The standard InChI is InChI=1S/C18H29N3O3/c1-5-21(13-18(23)20-14(2)3)12-17(22)19-11-10-15-8-6-7-9-16(15)24-4/h6-9,14H,5,10-13H2,1-4H3,(H,19,22)(H,20,23). The first-order valence-electron chi connectivity index (χ1n) is 8.36. The van der Waals surface area contributed by atoms with Crippen LogP contribution in [0.3, 0.4) is 0 Å². The Bertz CT molecular complexity index is 532. The number of carbonyl (C=O) groups excluding carboxylic acids is 2. The van der Waals surface area contributed by atoms with Gasteiger partial charge in [-0.25, -0.2) is 0 Å². The van der Waals surface area contributed by atoms with Gasteiger partial charge in [0.15, 0.2) is 0 Å². The van der Waals surface area contributed by atoms with Crippen LogP contribution in [0.4, 0.5) is 0 Å². The third-order valence-electron chi connectivity index (χ3n) is 3.54. The van der Waals surface area contributed by atoms with E-state index in [0.29, 0.717) is 19.5 Å². The third kappa shape index (κ3) is 7.46. The SMILES string of the molecule is CCN(CC(=O)NCCc1ccccc1OC)CC(=O)NC(C)C. The van der Waals surface area contributed by atoms with E-state index in [0.717, 1.165) is 11.3 Å². The van der Waals surface area contributed by atoms with E-state index in [1.165, 1.54) is 0 Å². The summed E-state index contributed by atoms with van der Waals surface area (Å²) in [6, 6.07) is 7.86. The van der Waals surface area contributed by atoms with Crippen molar-refractivity contribution in [3.8, 4) is 5.75 Å². The van der Waals surface area contributed by atoms with E-state index in [4.69, 9.17) is 4.74 Å². The molecule has 0 spiro atoms. The molecular weight excluding hydrogens is 306 g/mol. The van der Waals surface area contributed by atoms with Gasteiger partial charge in [-0.15, -0.1) is 0 Å². The molecule has 0 atom stereocenters. The number of carbonyl (C=O) groups is 2. The lowest BCUT2D eigenvalue weighted by atomic mass is 10.1. The van der Waals surface area contributed by atoms with Crippen LogP contribution in [0.5, 0.6) is 5.75 Å². The average molecular weight is 335 g/mol. The number of likely N-dealkylation sites (N-methyl/N-ethyl adjacent to an activating group) is 1. The number of nitrogens with zero attached hydrogens (tertiary/aromatic N) is 1. The Morgan fingerprint density at radius 1 is 1.17 bits per heavy atom. The van der Waals surface area contributed by atoms with E-state index in [1.54, 1.807) is 7.11 Å². The molecule has 0 aliphatic heterocycles. The van der Waals surface area contributed by atoms with Crippen LogP contribution in [0.15, 0.2) is 24.3 Å². The highest BCUT2D eigenvalue weighted by molar-refractivity contribution is 5.81. The van der Waals surface area contributed by atoms with Gasteiger partial charge in [0.2, 0.25) is 11.8 Å². The van der Waals surface area contributed by atoms with Gasteiger partial charge < -0.3 is 15.4 Å². The summed E-state index contributed by atoms with van der Waals surface area (Å²) in [5.74, 6) is 0.685. The molecule has 134 valence electrons. The third-order valence-corrected chi connectivity index (χ3v) is 3.54. The number of methoxy groups -OCH3 is 1. The van der Waals surface area contributed by atoms with E-state index < -0.39 is 0 Å². The number of hydrogen-bond donors (Lipinski definition) is 2. The molecule has 24 heavy (non-hydrogen) atoms. The van der Waals surface area contributed by atoms with Crippen LogP contribution < -0.4 is 15.4 Å². The van der Waals surface area contributed by atoms with Crippen molar-refractivity contribution in [2.75, 3.05) is 33.3 Å². The minimum Gasteiger partial charge on any atom is -0.496 e. The zero-order valence-corrected chi connectivity index (χ0v) is 15.1. The first kappa shape index (κ1) is 20.0. The summed E-state index contributed by atoms with van der Waals surface area (Å²) in [5.41, 5.74) is 1.06. The summed E-state index contributed by atoms with van der Waals surface area (Å²) >= 11 is 0. The van der Waals surface area contributed by atoms with Crippen LogP contribution in [0.1, 0.15) is 26.3 Å². The van der Waals surface area contributed by atoms with Crippen LogP contribution in [0.25, 0.3) is 0 Å². The van der Waals surface area contributed by atoms with Crippen molar-refractivity contribution in [3.05, 3.63) is 29.8 Å². The second kappa shape index (κ2) is 10.6. The lowest BCUT2D eigenvalue weighted by molar-refractivity contribution is -0.125. The summed E-state index contributed by atoms with van der Waals surface area (Å²) < 4.78 is 5.29. The molecule has 0 bridgehead atoms. The molecule has 6 nitrogen and oxygen atoms in total. The molecule has 1 rings (SSSR count). The summed E-state index contributed by atoms with van der Waals surface area (Å²) in [7, 11) is 1.64. The minimum atomic E-state index is -0.0795.